The predicted molar refractivity (Wildman–Crippen MR) is 90.9 cm³/mol. The Morgan fingerprint density at radius 1 is 1.22 bits per heavy atom. The number of carbonyl (C=O) groups is 1. The van der Waals surface area contributed by atoms with Crippen molar-refractivity contribution in [1.29, 1.82) is 0 Å². The van der Waals surface area contributed by atoms with Crippen molar-refractivity contribution in [2.75, 3.05) is 26.2 Å². The van der Waals surface area contributed by atoms with Gasteiger partial charge in [0.15, 0.2) is 0 Å². The topological polar surface area (TPSA) is 48.5 Å². The number of aromatic nitrogens is 1. The minimum Gasteiger partial charge on any atom is -0.352 e. The van der Waals surface area contributed by atoms with Gasteiger partial charge in [0.1, 0.15) is 0 Å². The first-order chi connectivity index (χ1) is 11.2. The zero-order chi connectivity index (χ0) is 16.1. The molecule has 0 spiro atoms. The maximum absolute atomic E-state index is 12.4. The van der Waals surface area contributed by atoms with Gasteiger partial charge >= 0.3 is 0 Å². The zero-order valence-corrected chi connectivity index (χ0v) is 14.1. The molecule has 2 heterocycles. The van der Waals surface area contributed by atoms with Crippen molar-refractivity contribution in [3.05, 3.63) is 30.1 Å². The third kappa shape index (κ3) is 4.52. The molecule has 1 saturated carbocycles. The van der Waals surface area contributed by atoms with Crippen LogP contribution in [0.2, 0.25) is 0 Å². The van der Waals surface area contributed by atoms with E-state index in [1.807, 2.05) is 19.3 Å². The predicted octanol–water partition coefficient (Wildman–Crippen LogP) is 1.65. The molecule has 3 rings (SSSR count). The van der Waals surface area contributed by atoms with Crippen LogP contribution in [-0.2, 0) is 11.3 Å². The molecule has 1 amide bonds. The third-order valence-corrected chi connectivity index (χ3v) is 5.19. The van der Waals surface area contributed by atoms with Crippen molar-refractivity contribution in [3.8, 4) is 0 Å². The number of piperazine rings is 1. The zero-order valence-electron chi connectivity index (χ0n) is 14.1. The SMILES string of the molecule is CC(C(=O)NC1CCCC1)N1CCN(Cc2ccncc2)CC1. The molecule has 1 aliphatic carbocycles. The lowest BCUT2D eigenvalue weighted by atomic mass is 10.1. The number of amides is 1. The summed E-state index contributed by atoms with van der Waals surface area (Å²) in [6, 6.07) is 4.55. The Balaban J connectivity index is 1.43. The summed E-state index contributed by atoms with van der Waals surface area (Å²) in [5.74, 6) is 0.208. The van der Waals surface area contributed by atoms with E-state index in [1.165, 1.54) is 18.4 Å². The van der Waals surface area contributed by atoms with E-state index < -0.39 is 0 Å². The molecule has 126 valence electrons. The van der Waals surface area contributed by atoms with Crippen LogP contribution < -0.4 is 5.32 Å². The van der Waals surface area contributed by atoms with Crippen molar-refractivity contribution in [2.24, 2.45) is 0 Å². The van der Waals surface area contributed by atoms with Gasteiger partial charge in [-0.1, -0.05) is 12.8 Å². The highest BCUT2D eigenvalue weighted by Crippen LogP contribution is 2.18. The van der Waals surface area contributed by atoms with Crippen LogP contribution in [0.1, 0.15) is 38.2 Å². The van der Waals surface area contributed by atoms with E-state index >= 15 is 0 Å². The van der Waals surface area contributed by atoms with E-state index in [2.05, 4.69) is 32.2 Å². The first kappa shape index (κ1) is 16.4. The molecule has 5 nitrogen and oxygen atoms in total. The van der Waals surface area contributed by atoms with Gasteiger partial charge in [0.2, 0.25) is 5.91 Å². The molecule has 5 heteroatoms. The van der Waals surface area contributed by atoms with Gasteiger partial charge in [-0.3, -0.25) is 19.6 Å². The summed E-state index contributed by atoms with van der Waals surface area (Å²) >= 11 is 0. The summed E-state index contributed by atoms with van der Waals surface area (Å²) in [7, 11) is 0. The van der Waals surface area contributed by atoms with Crippen LogP contribution in [0, 0.1) is 0 Å². The quantitative estimate of drug-likeness (QED) is 0.897. The fourth-order valence-corrected chi connectivity index (χ4v) is 3.61. The molecule has 23 heavy (non-hydrogen) atoms. The number of nitrogens with one attached hydrogen (secondary N) is 1. The second-order valence-corrected chi connectivity index (χ2v) is 6.83. The number of rotatable bonds is 5. The molecule has 0 aromatic carbocycles. The van der Waals surface area contributed by atoms with Crippen molar-refractivity contribution >= 4 is 5.91 Å². The Morgan fingerprint density at radius 2 is 1.87 bits per heavy atom. The Kier molecular flexibility index (Phi) is 5.62. The van der Waals surface area contributed by atoms with E-state index in [1.54, 1.807) is 0 Å². The molecule has 1 aromatic rings. The molecule has 0 bridgehead atoms. The van der Waals surface area contributed by atoms with Crippen LogP contribution in [0.4, 0.5) is 0 Å². The molecule has 1 aromatic heterocycles. The van der Waals surface area contributed by atoms with Crippen molar-refractivity contribution in [3.63, 3.8) is 0 Å². The van der Waals surface area contributed by atoms with Crippen molar-refractivity contribution in [1.82, 2.24) is 20.1 Å². The summed E-state index contributed by atoms with van der Waals surface area (Å²) < 4.78 is 0. The highest BCUT2D eigenvalue weighted by Gasteiger charge is 2.27. The Bertz CT molecular complexity index is 493. The van der Waals surface area contributed by atoms with Gasteiger partial charge in [0.05, 0.1) is 6.04 Å². The van der Waals surface area contributed by atoms with Gasteiger partial charge in [-0.15, -0.1) is 0 Å². The number of hydrogen-bond donors (Lipinski definition) is 1. The van der Waals surface area contributed by atoms with Crippen molar-refractivity contribution in [2.45, 2.75) is 51.2 Å². The van der Waals surface area contributed by atoms with Crippen LogP contribution in [0.25, 0.3) is 0 Å². The molecule has 2 aliphatic rings. The maximum atomic E-state index is 12.4. The normalized spacial score (nSPS) is 22.1. The summed E-state index contributed by atoms with van der Waals surface area (Å²) in [6.45, 7) is 6.98. The monoisotopic (exact) mass is 316 g/mol. The molecule has 1 atom stereocenters. The van der Waals surface area contributed by atoms with E-state index in [-0.39, 0.29) is 11.9 Å². The van der Waals surface area contributed by atoms with Gasteiger partial charge in [-0.25, -0.2) is 0 Å². The number of carbonyl (C=O) groups excluding carboxylic acids is 1. The third-order valence-electron chi connectivity index (χ3n) is 5.19. The molecule has 0 radical (unpaired) electrons. The number of pyridine rings is 1. The van der Waals surface area contributed by atoms with E-state index in [9.17, 15) is 4.79 Å². The van der Waals surface area contributed by atoms with Crippen LogP contribution in [0.15, 0.2) is 24.5 Å². The van der Waals surface area contributed by atoms with Crippen LogP contribution in [0.3, 0.4) is 0 Å². The smallest absolute Gasteiger partial charge is 0.237 e. The maximum Gasteiger partial charge on any atom is 0.237 e. The second-order valence-electron chi connectivity index (χ2n) is 6.83. The summed E-state index contributed by atoms with van der Waals surface area (Å²) in [5.41, 5.74) is 1.31. The summed E-state index contributed by atoms with van der Waals surface area (Å²) in [6.07, 6.45) is 8.51. The first-order valence-corrected chi connectivity index (χ1v) is 8.88. The number of hydrogen-bond acceptors (Lipinski definition) is 4. The lowest BCUT2D eigenvalue weighted by Crippen LogP contribution is -2.54. The molecular formula is C18H28N4O. The minimum atomic E-state index is -0.0151. The largest absolute Gasteiger partial charge is 0.352 e. The molecule has 2 fully saturated rings. The molecule has 1 N–H and O–H groups in total. The number of nitrogens with zero attached hydrogens (tertiary/aromatic N) is 3. The molecule has 1 aliphatic heterocycles. The highest BCUT2D eigenvalue weighted by molar-refractivity contribution is 5.81. The lowest BCUT2D eigenvalue weighted by Gasteiger charge is -2.37. The average molecular weight is 316 g/mol. The van der Waals surface area contributed by atoms with Crippen LogP contribution >= 0.6 is 0 Å². The molecule has 1 unspecified atom stereocenters. The molecule has 1 saturated heterocycles. The van der Waals surface area contributed by atoms with Crippen molar-refractivity contribution < 1.29 is 4.79 Å². The van der Waals surface area contributed by atoms with Gasteiger partial charge in [-0.05, 0) is 37.5 Å². The fourth-order valence-electron chi connectivity index (χ4n) is 3.61. The second kappa shape index (κ2) is 7.88. The summed E-state index contributed by atoms with van der Waals surface area (Å²) in [5, 5.41) is 3.23. The Hall–Kier alpha value is -1.46. The fraction of sp³-hybridized carbons (Fsp3) is 0.667. The first-order valence-electron chi connectivity index (χ1n) is 8.88. The average Bonchev–Trinajstić information content (AvgIpc) is 3.09. The van der Waals surface area contributed by atoms with Crippen LogP contribution in [-0.4, -0.2) is 59.0 Å². The highest BCUT2D eigenvalue weighted by atomic mass is 16.2. The van der Waals surface area contributed by atoms with E-state index in [0.29, 0.717) is 6.04 Å². The van der Waals surface area contributed by atoms with Crippen LogP contribution in [0.5, 0.6) is 0 Å². The van der Waals surface area contributed by atoms with E-state index in [4.69, 9.17) is 0 Å². The molecular weight excluding hydrogens is 288 g/mol. The van der Waals surface area contributed by atoms with Gasteiger partial charge < -0.3 is 5.32 Å². The Labute approximate surface area is 139 Å². The standard InChI is InChI=1S/C18H28N4O/c1-15(18(23)20-17-4-2-3-5-17)22-12-10-21(11-13-22)14-16-6-8-19-9-7-16/h6-9,15,17H,2-5,10-14H2,1H3,(H,20,23). The van der Waals surface area contributed by atoms with Gasteiger partial charge in [0.25, 0.3) is 0 Å². The minimum absolute atomic E-state index is 0.0151. The van der Waals surface area contributed by atoms with Gasteiger partial charge in [-0.2, -0.15) is 0 Å². The Morgan fingerprint density at radius 3 is 2.52 bits per heavy atom. The summed E-state index contributed by atoms with van der Waals surface area (Å²) in [4.78, 5) is 21.2. The van der Waals surface area contributed by atoms with E-state index in [0.717, 1.165) is 45.6 Å². The van der Waals surface area contributed by atoms with Gasteiger partial charge in [0, 0.05) is 51.2 Å². The lowest BCUT2D eigenvalue weighted by molar-refractivity contribution is -0.127.